The molecule has 1 N–H and O–H groups in total. The van der Waals surface area contributed by atoms with Gasteiger partial charge in [-0.15, -0.1) is 0 Å². The van der Waals surface area contributed by atoms with E-state index in [1.54, 1.807) is 54.6 Å². The van der Waals surface area contributed by atoms with E-state index in [1.807, 2.05) is 0 Å². The first-order valence-corrected chi connectivity index (χ1v) is 11.0. The number of fused-ring (bicyclic) bond motifs is 1. The summed E-state index contributed by atoms with van der Waals surface area (Å²) in [5.74, 6) is -1.11. The van der Waals surface area contributed by atoms with E-state index >= 15 is 0 Å². The zero-order valence-electron chi connectivity index (χ0n) is 19.4. The van der Waals surface area contributed by atoms with Crippen LogP contribution in [0.2, 0.25) is 0 Å². The van der Waals surface area contributed by atoms with Gasteiger partial charge in [0.1, 0.15) is 11.5 Å². The van der Waals surface area contributed by atoms with E-state index < -0.39 is 23.7 Å². The summed E-state index contributed by atoms with van der Waals surface area (Å²) in [6.07, 6.45) is 0. The number of Topliss-reactive ketones (excluding diaryl/α,β-unsaturated/α-hetero) is 1. The molecule has 1 unspecified atom stereocenters. The van der Waals surface area contributed by atoms with Crippen LogP contribution in [0.1, 0.15) is 27.5 Å². The van der Waals surface area contributed by atoms with Crippen LogP contribution in [0.15, 0.2) is 72.3 Å². The Morgan fingerprint density at radius 1 is 0.944 bits per heavy atom. The monoisotopic (exact) mass is 487 g/mol. The standard InChI is InChI=1S/C27H21NO8/c1-33-19-5-3-4-16(12-19)23-22(24(29)17-8-11-20-21(13-17)36-14-35-20)25(30)26(31)28(23)18-9-6-15(7-10-18)27(32)34-2/h3-13,23,29H,14H2,1-2H3/b24-22-. The lowest BCUT2D eigenvalue weighted by Gasteiger charge is -2.26. The maximum atomic E-state index is 13.3. The molecular weight excluding hydrogens is 466 g/mol. The normalized spacial score (nSPS) is 17.8. The Labute approximate surface area is 206 Å². The number of benzene rings is 3. The first-order chi connectivity index (χ1) is 17.4. The van der Waals surface area contributed by atoms with Gasteiger partial charge in [0, 0.05) is 11.3 Å². The van der Waals surface area contributed by atoms with E-state index in [0.717, 1.165) is 0 Å². The molecule has 182 valence electrons. The van der Waals surface area contributed by atoms with Crippen molar-refractivity contribution in [3.63, 3.8) is 0 Å². The molecule has 1 amide bonds. The Morgan fingerprint density at radius 2 is 1.67 bits per heavy atom. The van der Waals surface area contributed by atoms with Gasteiger partial charge in [0.25, 0.3) is 11.7 Å². The van der Waals surface area contributed by atoms with Crippen molar-refractivity contribution in [1.29, 1.82) is 0 Å². The summed E-state index contributed by atoms with van der Waals surface area (Å²) in [6, 6.07) is 16.8. The van der Waals surface area contributed by atoms with Crippen molar-refractivity contribution >= 4 is 29.1 Å². The van der Waals surface area contributed by atoms with Gasteiger partial charge in [-0.2, -0.15) is 0 Å². The van der Waals surface area contributed by atoms with Crippen molar-refractivity contribution in [2.75, 3.05) is 25.9 Å². The molecule has 36 heavy (non-hydrogen) atoms. The quantitative estimate of drug-likeness (QED) is 0.250. The highest BCUT2D eigenvalue weighted by Gasteiger charge is 2.47. The molecule has 0 aliphatic carbocycles. The first-order valence-electron chi connectivity index (χ1n) is 11.0. The Morgan fingerprint density at radius 3 is 2.39 bits per heavy atom. The van der Waals surface area contributed by atoms with Crippen LogP contribution in [-0.4, -0.2) is 43.8 Å². The van der Waals surface area contributed by atoms with Crippen LogP contribution >= 0.6 is 0 Å². The van der Waals surface area contributed by atoms with Gasteiger partial charge in [0.05, 0.1) is 31.4 Å². The van der Waals surface area contributed by atoms with E-state index in [4.69, 9.17) is 18.9 Å². The number of aliphatic hydroxyl groups is 1. The van der Waals surface area contributed by atoms with Crippen molar-refractivity contribution in [1.82, 2.24) is 0 Å². The Bertz CT molecular complexity index is 1410. The Hall–Kier alpha value is -4.79. The van der Waals surface area contributed by atoms with Crippen LogP contribution in [0, 0.1) is 0 Å². The number of hydrogen-bond acceptors (Lipinski definition) is 8. The minimum absolute atomic E-state index is 0.0509. The van der Waals surface area contributed by atoms with E-state index in [2.05, 4.69) is 0 Å². The fourth-order valence-corrected chi connectivity index (χ4v) is 4.30. The number of ether oxygens (including phenoxy) is 4. The third-order valence-electron chi connectivity index (χ3n) is 6.07. The van der Waals surface area contributed by atoms with Gasteiger partial charge in [-0.3, -0.25) is 14.5 Å². The largest absolute Gasteiger partial charge is 0.507 e. The number of aliphatic hydroxyl groups excluding tert-OH is 1. The molecule has 2 aliphatic heterocycles. The molecule has 2 aliphatic rings. The predicted molar refractivity (Wildman–Crippen MR) is 128 cm³/mol. The van der Waals surface area contributed by atoms with Gasteiger partial charge in [-0.05, 0) is 60.2 Å². The lowest BCUT2D eigenvalue weighted by atomic mass is 9.94. The summed E-state index contributed by atoms with van der Waals surface area (Å²) in [5.41, 5.74) is 1.40. The summed E-state index contributed by atoms with van der Waals surface area (Å²) >= 11 is 0. The van der Waals surface area contributed by atoms with E-state index in [1.165, 1.54) is 31.3 Å². The lowest BCUT2D eigenvalue weighted by molar-refractivity contribution is -0.132. The highest BCUT2D eigenvalue weighted by atomic mass is 16.7. The molecule has 0 spiro atoms. The van der Waals surface area contributed by atoms with Gasteiger partial charge in [0.2, 0.25) is 6.79 Å². The molecule has 1 atom stereocenters. The molecule has 0 aromatic heterocycles. The number of rotatable bonds is 5. The number of ketones is 1. The number of carbonyl (C=O) groups is 3. The molecule has 0 bridgehead atoms. The molecule has 1 fully saturated rings. The van der Waals surface area contributed by atoms with Crippen molar-refractivity contribution in [3.8, 4) is 17.2 Å². The van der Waals surface area contributed by atoms with Crippen molar-refractivity contribution in [2.24, 2.45) is 0 Å². The van der Waals surface area contributed by atoms with Crippen molar-refractivity contribution in [3.05, 3.63) is 89.0 Å². The van der Waals surface area contributed by atoms with Gasteiger partial charge in [-0.1, -0.05) is 12.1 Å². The molecule has 3 aromatic rings. The van der Waals surface area contributed by atoms with Crippen LogP contribution in [0.25, 0.3) is 5.76 Å². The summed E-state index contributed by atoms with van der Waals surface area (Å²) in [5, 5.41) is 11.3. The first kappa shape index (κ1) is 23.0. The minimum Gasteiger partial charge on any atom is -0.507 e. The molecule has 9 heteroatoms. The zero-order chi connectivity index (χ0) is 25.4. The second-order valence-corrected chi connectivity index (χ2v) is 8.05. The summed E-state index contributed by atoms with van der Waals surface area (Å²) in [7, 11) is 2.78. The van der Waals surface area contributed by atoms with Gasteiger partial charge in [0.15, 0.2) is 11.5 Å². The maximum absolute atomic E-state index is 13.3. The zero-order valence-corrected chi connectivity index (χ0v) is 19.4. The van der Waals surface area contributed by atoms with Crippen molar-refractivity contribution < 1.29 is 38.4 Å². The number of nitrogens with zero attached hydrogens (tertiary/aromatic N) is 1. The van der Waals surface area contributed by atoms with Crippen LogP contribution < -0.4 is 19.1 Å². The fourth-order valence-electron chi connectivity index (χ4n) is 4.30. The average molecular weight is 487 g/mol. The fraction of sp³-hybridized carbons (Fsp3) is 0.148. The SMILES string of the molecule is COC(=O)c1ccc(N2C(=O)C(=O)/C(=C(\O)c3ccc4c(c3)OCO4)C2c2cccc(OC)c2)cc1. The van der Waals surface area contributed by atoms with E-state index in [9.17, 15) is 19.5 Å². The molecule has 0 radical (unpaired) electrons. The molecule has 9 nitrogen and oxygen atoms in total. The van der Waals surface area contributed by atoms with Gasteiger partial charge in [-0.25, -0.2) is 4.79 Å². The number of methoxy groups -OCH3 is 2. The summed E-state index contributed by atoms with van der Waals surface area (Å²) < 4.78 is 20.8. The molecular formula is C27H21NO8. The maximum Gasteiger partial charge on any atom is 0.337 e. The molecule has 5 rings (SSSR count). The van der Waals surface area contributed by atoms with E-state index in [-0.39, 0.29) is 23.7 Å². The number of amides is 1. The second kappa shape index (κ2) is 9.10. The molecule has 0 saturated carbocycles. The third-order valence-corrected chi connectivity index (χ3v) is 6.07. The Kier molecular flexibility index (Phi) is 5.81. The number of esters is 1. The van der Waals surface area contributed by atoms with Crippen molar-refractivity contribution in [2.45, 2.75) is 6.04 Å². The van der Waals surface area contributed by atoms with Crippen LogP contribution in [-0.2, 0) is 14.3 Å². The van der Waals surface area contributed by atoms with Crippen LogP contribution in [0.3, 0.4) is 0 Å². The second-order valence-electron chi connectivity index (χ2n) is 8.05. The summed E-state index contributed by atoms with van der Waals surface area (Å²) in [6.45, 7) is 0.0509. The highest BCUT2D eigenvalue weighted by molar-refractivity contribution is 6.51. The lowest BCUT2D eigenvalue weighted by Crippen LogP contribution is -2.29. The number of carbonyl (C=O) groups excluding carboxylic acids is 3. The molecule has 2 heterocycles. The smallest absolute Gasteiger partial charge is 0.337 e. The predicted octanol–water partition coefficient (Wildman–Crippen LogP) is 3.84. The minimum atomic E-state index is -0.963. The van der Waals surface area contributed by atoms with Gasteiger partial charge < -0.3 is 24.1 Å². The third kappa shape index (κ3) is 3.80. The highest BCUT2D eigenvalue weighted by Crippen LogP contribution is 2.44. The average Bonchev–Trinajstić information content (AvgIpc) is 3.49. The van der Waals surface area contributed by atoms with Crippen LogP contribution in [0.4, 0.5) is 5.69 Å². The Balaban J connectivity index is 1.67. The van der Waals surface area contributed by atoms with Gasteiger partial charge >= 0.3 is 5.97 Å². The number of anilines is 1. The molecule has 1 saturated heterocycles. The van der Waals surface area contributed by atoms with Crippen LogP contribution in [0.5, 0.6) is 17.2 Å². The summed E-state index contributed by atoms with van der Waals surface area (Å²) in [4.78, 5) is 39.8. The topological polar surface area (TPSA) is 112 Å². The number of hydrogen-bond donors (Lipinski definition) is 1. The molecule has 3 aromatic carbocycles. The van der Waals surface area contributed by atoms with E-state index in [0.29, 0.717) is 34.1 Å².